The molecule has 0 bridgehead atoms. The topological polar surface area (TPSA) is 89.3 Å². The van der Waals surface area contributed by atoms with Gasteiger partial charge in [-0.1, -0.05) is 39.0 Å². The number of hydrazine groups is 1. The molecule has 1 atom stereocenters. The number of likely N-dealkylation sites (N-methyl/N-ethyl adjacent to an activating group) is 1. The lowest BCUT2D eigenvalue weighted by molar-refractivity contribution is -0.141. The molecule has 3 rings (SSSR count). The highest BCUT2D eigenvalue weighted by Gasteiger charge is 2.36. The lowest BCUT2D eigenvalue weighted by Gasteiger charge is -2.42. The van der Waals surface area contributed by atoms with E-state index in [1.807, 2.05) is 6.07 Å². The second kappa shape index (κ2) is 13.7. The fourth-order valence-corrected chi connectivity index (χ4v) is 4.72. The number of rotatable bonds is 9. The van der Waals surface area contributed by atoms with Gasteiger partial charge in [0.2, 0.25) is 12.3 Å². The highest BCUT2D eigenvalue weighted by atomic mass is 19.4. The zero-order chi connectivity index (χ0) is 34.6. The van der Waals surface area contributed by atoms with Gasteiger partial charge in [-0.2, -0.15) is 31.6 Å². The number of nitrogens with one attached hydrogen (secondary N) is 1. The number of halogens is 8. The van der Waals surface area contributed by atoms with Gasteiger partial charge in [-0.05, 0) is 35.7 Å². The smallest absolute Gasteiger partial charge is 0.322 e. The number of aromatic nitrogens is 1. The number of amides is 2. The van der Waals surface area contributed by atoms with Gasteiger partial charge in [0, 0.05) is 41.7 Å². The summed E-state index contributed by atoms with van der Waals surface area (Å²) in [6, 6.07) is 7.93. The van der Waals surface area contributed by atoms with Crippen LogP contribution < -0.4 is 5.32 Å². The number of pyridine rings is 1. The van der Waals surface area contributed by atoms with E-state index in [9.17, 15) is 50.0 Å². The highest BCUT2D eigenvalue weighted by Crippen LogP contribution is 2.37. The first-order valence-electron chi connectivity index (χ1n) is 13.3. The van der Waals surface area contributed by atoms with E-state index in [1.54, 1.807) is 20.8 Å². The van der Waals surface area contributed by atoms with Crippen molar-refractivity contribution in [3.63, 3.8) is 0 Å². The number of hydrogen-bond acceptors (Lipinski definition) is 5. The van der Waals surface area contributed by atoms with Crippen molar-refractivity contribution in [3.05, 3.63) is 94.8 Å². The van der Waals surface area contributed by atoms with Crippen LogP contribution in [0.3, 0.4) is 0 Å². The largest absolute Gasteiger partial charge is 0.433 e. The minimum absolute atomic E-state index is 0.167. The molecule has 7 nitrogen and oxygen atoms in total. The van der Waals surface area contributed by atoms with Gasteiger partial charge in [0.1, 0.15) is 5.69 Å². The van der Waals surface area contributed by atoms with Gasteiger partial charge < -0.3 is 5.32 Å². The monoisotopic (exact) mass is 653 g/mol. The van der Waals surface area contributed by atoms with E-state index >= 15 is 0 Å². The van der Waals surface area contributed by atoms with Gasteiger partial charge in [-0.3, -0.25) is 19.6 Å². The number of hydrogen-bond donors (Lipinski definition) is 1. The molecule has 0 saturated carbocycles. The molecule has 244 valence electrons. The highest BCUT2D eigenvalue weighted by molar-refractivity contribution is 6.03. The lowest BCUT2D eigenvalue weighted by atomic mass is 9.81. The normalized spacial score (nSPS) is 13.3. The summed E-state index contributed by atoms with van der Waals surface area (Å²) in [6.07, 6.45) is -7.74. The molecule has 1 heterocycles. The fraction of sp³-hybridized carbons (Fsp3) is 0.290. The summed E-state index contributed by atoms with van der Waals surface area (Å²) in [5.41, 5.74) is -4.39. The molecule has 0 aliphatic rings. The molecule has 0 fully saturated rings. The Kier molecular flexibility index (Phi) is 10.6. The Hall–Kier alpha value is -4.84. The molecule has 0 radical (unpaired) electrons. The van der Waals surface area contributed by atoms with E-state index in [1.165, 1.54) is 24.2 Å². The van der Waals surface area contributed by atoms with Crippen molar-refractivity contribution < 1.29 is 44.7 Å². The van der Waals surface area contributed by atoms with Gasteiger partial charge in [-0.25, -0.2) is 13.8 Å². The molecule has 0 spiro atoms. The van der Waals surface area contributed by atoms with Crippen molar-refractivity contribution in [1.29, 1.82) is 5.26 Å². The maximum absolute atomic E-state index is 14.3. The first-order chi connectivity index (χ1) is 21.3. The van der Waals surface area contributed by atoms with Gasteiger partial charge >= 0.3 is 12.4 Å². The zero-order valence-electron chi connectivity index (χ0n) is 24.8. The van der Waals surface area contributed by atoms with Crippen LogP contribution in [0.4, 0.5) is 40.8 Å². The van der Waals surface area contributed by atoms with Crippen LogP contribution in [0.2, 0.25) is 0 Å². The van der Waals surface area contributed by atoms with E-state index in [0.717, 1.165) is 29.3 Å². The van der Waals surface area contributed by atoms with E-state index < -0.39 is 59.2 Å². The average molecular weight is 654 g/mol. The van der Waals surface area contributed by atoms with Gasteiger partial charge in [0.25, 0.3) is 0 Å². The first kappa shape index (κ1) is 35.6. The van der Waals surface area contributed by atoms with Crippen LogP contribution >= 0.6 is 0 Å². The zero-order valence-corrected chi connectivity index (χ0v) is 24.8. The standard InChI is InChI=1S/C31H27F8N5O2/c1-29(2,3)28(43(4)44(17-45)16-19-6-5-7-23(32)27(19)33)20(14-40)12-26(46)42-24-10-9-21(30(34,35)36)13-22(24)18-8-11-25(41-15-18)31(37,38)39/h5-13,15,17,28H,16H2,1-4H3,(H,42,46)/b20-12+. The molecular formula is C31H27F8N5O2. The van der Waals surface area contributed by atoms with Crippen LogP contribution in [0.15, 0.2) is 66.4 Å². The Morgan fingerprint density at radius 3 is 2.22 bits per heavy atom. The second-order valence-electron chi connectivity index (χ2n) is 11.1. The molecule has 3 aromatic rings. The Balaban J connectivity index is 2.01. The number of benzene rings is 2. The van der Waals surface area contributed by atoms with Crippen molar-refractivity contribution >= 4 is 18.0 Å². The van der Waals surface area contributed by atoms with Gasteiger partial charge in [-0.15, -0.1) is 0 Å². The van der Waals surface area contributed by atoms with Crippen molar-refractivity contribution in [2.45, 2.75) is 45.7 Å². The van der Waals surface area contributed by atoms with Crippen molar-refractivity contribution in [2.24, 2.45) is 5.41 Å². The molecule has 1 aromatic heterocycles. The molecule has 1 N–H and O–H groups in total. The number of carbonyl (C=O) groups is 2. The van der Waals surface area contributed by atoms with Crippen molar-refractivity contribution in [1.82, 2.24) is 15.0 Å². The minimum atomic E-state index is -4.83. The average Bonchev–Trinajstić information content (AvgIpc) is 2.96. The number of anilines is 1. The predicted octanol–water partition coefficient (Wildman–Crippen LogP) is 7.37. The molecule has 2 aromatic carbocycles. The maximum Gasteiger partial charge on any atom is 0.433 e. The van der Waals surface area contributed by atoms with Crippen molar-refractivity contribution in [2.75, 3.05) is 12.4 Å². The van der Waals surface area contributed by atoms with Crippen LogP contribution in [0.5, 0.6) is 0 Å². The van der Waals surface area contributed by atoms with Crippen LogP contribution in [0.1, 0.15) is 37.6 Å². The maximum atomic E-state index is 14.3. The number of carbonyl (C=O) groups excluding carboxylic acids is 2. The quantitative estimate of drug-likeness (QED) is 0.0857. The summed E-state index contributed by atoms with van der Waals surface area (Å²) in [6.45, 7) is 4.59. The van der Waals surface area contributed by atoms with E-state index in [-0.39, 0.29) is 28.0 Å². The summed E-state index contributed by atoms with van der Waals surface area (Å²) in [5.74, 6) is -3.31. The Labute approximate surface area is 258 Å². The molecular weight excluding hydrogens is 626 g/mol. The summed E-state index contributed by atoms with van der Waals surface area (Å²) in [5, 5.41) is 14.6. The fourth-order valence-electron chi connectivity index (χ4n) is 4.72. The molecule has 1 unspecified atom stereocenters. The number of nitriles is 1. The Morgan fingerprint density at radius 2 is 1.70 bits per heavy atom. The third-order valence-electron chi connectivity index (χ3n) is 6.76. The van der Waals surface area contributed by atoms with E-state index in [0.29, 0.717) is 30.8 Å². The first-order valence-corrected chi connectivity index (χ1v) is 13.3. The molecule has 0 aliphatic carbocycles. The van der Waals surface area contributed by atoms with Crippen molar-refractivity contribution in [3.8, 4) is 17.2 Å². The van der Waals surface area contributed by atoms with Gasteiger partial charge in [0.05, 0.1) is 29.8 Å². The number of nitrogens with zero attached hydrogens (tertiary/aromatic N) is 4. The summed E-state index contributed by atoms with van der Waals surface area (Å²) in [4.78, 5) is 28.5. The van der Waals surface area contributed by atoms with Crippen LogP contribution in [0, 0.1) is 28.4 Å². The Morgan fingerprint density at radius 1 is 1.02 bits per heavy atom. The number of alkyl halides is 6. The summed E-state index contributed by atoms with van der Waals surface area (Å²) < 4.78 is 108. The SMILES string of the molecule is CN(C(/C(C#N)=C/C(=O)Nc1ccc(C(F)(F)F)cc1-c1ccc(C(F)(F)F)nc1)C(C)(C)C)N(C=O)Cc1cccc(F)c1F. The Bertz CT molecular complexity index is 1660. The predicted molar refractivity (Wildman–Crippen MR) is 151 cm³/mol. The lowest BCUT2D eigenvalue weighted by Crippen LogP contribution is -2.51. The molecule has 0 saturated heterocycles. The molecule has 0 aliphatic heterocycles. The van der Waals surface area contributed by atoms with Crippen LogP contribution in [0.25, 0.3) is 11.1 Å². The second-order valence-corrected chi connectivity index (χ2v) is 11.1. The molecule has 2 amide bonds. The third kappa shape index (κ3) is 8.45. The molecule has 46 heavy (non-hydrogen) atoms. The van der Waals surface area contributed by atoms with Gasteiger partial charge in [0.15, 0.2) is 11.6 Å². The van der Waals surface area contributed by atoms with E-state index in [2.05, 4.69) is 10.3 Å². The van der Waals surface area contributed by atoms with Crippen LogP contribution in [-0.2, 0) is 28.5 Å². The minimum Gasteiger partial charge on any atom is -0.322 e. The van der Waals surface area contributed by atoms with Crippen LogP contribution in [-0.4, -0.2) is 40.4 Å². The van der Waals surface area contributed by atoms with E-state index in [4.69, 9.17) is 0 Å². The summed E-state index contributed by atoms with van der Waals surface area (Å²) >= 11 is 0. The third-order valence-corrected chi connectivity index (χ3v) is 6.76. The molecule has 15 heteroatoms. The summed E-state index contributed by atoms with van der Waals surface area (Å²) in [7, 11) is 1.39.